The molecule has 4 amide bonds. The zero-order valence-electron chi connectivity index (χ0n) is 16.3. The van der Waals surface area contributed by atoms with Crippen LogP contribution >= 0.6 is 0 Å². The topological polar surface area (TPSA) is 131 Å². The third-order valence-electron chi connectivity index (χ3n) is 4.78. The van der Waals surface area contributed by atoms with Gasteiger partial charge in [-0.05, 0) is 18.6 Å². The molecule has 1 fully saturated rings. The Labute approximate surface area is 172 Å². The van der Waals surface area contributed by atoms with E-state index in [0.717, 1.165) is 11.2 Å². The molecule has 160 valence electrons. The Balaban J connectivity index is 1.57. The molecule has 10 heteroatoms. The summed E-state index contributed by atoms with van der Waals surface area (Å²) in [4.78, 5) is 60.3. The number of piperidine rings is 1. The van der Waals surface area contributed by atoms with Crippen LogP contribution in [0.25, 0.3) is 0 Å². The first-order valence-electron chi connectivity index (χ1n) is 9.72. The Morgan fingerprint density at radius 3 is 2.57 bits per heavy atom. The molecule has 3 rings (SSSR count). The molecule has 2 heterocycles. The number of anilines is 1. The van der Waals surface area contributed by atoms with E-state index < -0.39 is 29.7 Å². The number of carbonyl (C=O) groups excluding carboxylic acids is 5. The fourth-order valence-electron chi connectivity index (χ4n) is 3.37. The fourth-order valence-corrected chi connectivity index (χ4v) is 3.37. The smallest absolute Gasteiger partial charge is 0.264 e. The number of ether oxygens (including phenoxy) is 2. The number of amides is 4. The molecule has 2 N–H and O–H groups in total. The lowest BCUT2D eigenvalue weighted by molar-refractivity contribution is -0.136. The number of hydrogen-bond donors (Lipinski definition) is 2. The van der Waals surface area contributed by atoms with Gasteiger partial charge in [0.1, 0.15) is 12.3 Å². The van der Waals surface area contributed by atoms with Crippen molar-refractivity contribution in [2.75, 3.05) is 38.3 Å². The van der Waals surface area contributed by atoms with Gasteiger partial charge >= 0.3 is 0 Å². The Kier molecular flexibility index (Phi) is 7.26. The molecular weight excluding hydrogens is 394 g/mol. The van der Waals surface area contributed by atoms with Gasteiger partial charge in [-0.25, -0.2) is 0 Å². The molecule has 0 aliphatic carbocycles. The van der Waals surface area contributed by atoms with Gasteiger partial charge < -0.3 is 19.6 Å². The summed E-state index contributed by atoms with van der Waals surface area (Å²) in [6, 6.07) is 3.88. The average Bonchev–Trinajstić information content (AvgIpc) is 2.98. The molecule has 1 aromatic rings. The lowest BCUT2D eigenvalue weighted by atomic mass is 10.0. The number of hydrogen-bond acceptors (Lipinski definition) is 8. The fraction of sp³-hybridized carbons (Fsp3) is 0.450. The number of nitrogens with one attached hydrogen (secondary N) is 2. The van der Waals surface area contributed by atoms with Gasteiger partial charge in [-0.3, -0.25) is 29.4 Å². The minimum absolute atomic E-state index is 0.0745. The molecule has 1 atom stereocenters. The van der Waals surface area contributed by atoms with Gasteiger partial charge in [0.25, 0.3) is 11.8 Å². The van der Waals surface area contributed by atoms with Gasteiger partial charge in [0.2, 0.25) is 11.8 Å². The van der Waals surface area contributed by atoms with E-state index in [2.05, 4.69) is 10.6 Å². The van der Waals surface area contributed by atoms with Crippen molar-refractivity contribution in [2.45, 2.75) is 25.3 Å². The van der Waals surface area contributed by atoms with Crippen molar-refractivity contribution in [3.05, 3.63) is 29.3 Å². The molecule has 0 bridgehead atoms. The second-order valence-electron chi connectivity index (χ2n) is 6.78. The van der Waals surface area contributed by atoms with E-state index in [1.54, 1.807) is 18.2 Å². The first-order chi connectivity index (χ1) is 14.5. The van der Waals surface area contributed by atoms with E-state index in [1.807, 2.05) is 0 Å². The van der Waals surface area contributed by atoms with Crippen LogP contribution in [0.5, 0.6) is 0 Å². The highest BCUT2D eigenvalue weighted by Crippen LogP contribution is 2.32. The molecule has 1 unspecified atom stereocenters. The molecule has 30 heavy (non-hydrogen) atoms. The molecule has 10 nitrogen and oxygen atoms in total. The zero-order chi connectivity index (χ0) is 21.5. The molecule has 1 saturated heterocycles. The Bertz CT molecular complexity index is 855. The van der Waals surface area contributed by atoms with Gasteiger partial charge in [0.15, 0.2) is 0 Å². The number of benzene rings is 1. The van der Waals surface area contributed by atoms with E-state index in [1.165, 1.54) is 0 Å². The van der Waals surface area contributed by atoms with E-state index >= 15 is 0 Å². The maximum absolute atomic E-state index is 12.9. The molecule has 2 aliphatic rings. The highest BCUT2D eigenvalue weighted by molar-refractivity contribution is 6.25. The highest BCUT2D eigenvalue weighted by Gasteiger charge is 2.45. The standard InChI is InChI=1S/C20H23N3O7/c24-8-2-9-29-11-12-30-10-7-21-14-4-1-3-13-17(14)20(28)23(19(13)27)15-5-6-16(25)22-18(15)26/h1,3-4,8,15,21H,2,5-7,9-12H2,(H,22,25,26). The van der Waals surface area contributed by atoms with E-state index in [9.17, 15) is 24.0 Å². The van der Waals surface area contributed by atoms with Crippen LogP contribution in [-0.4, -0.2) is 73.8 Å². The van der Waals surface area contributed by atoms with Crippen molar-refractivity contribution in [1.82, 2.24) is 10.2 Å². The van der Waals surface area contributed by atoms with Gasteiger partial charge in [0, 0.05) is 25.1 Å². The third kappa shape index (κ3) is 4.71. The van der Waals surface area contributed by atoms with Crippen molar-refractivity contribution in [3.8, 4) is 0 Å². The molecule has 1 aromatic carbocycles. The Morgan fingerprint density at radius 1 is 1.07 bits per heavy atom. The molecular formula is C20H23N3O7. The van der Waals surface area contributed by atoms with Crippen molar-refractivity contribution in [1.29, 1.82) is 0 Å². The summed E-state index contributed by atoms with van der Waals surface area (Å²) >= 11 is 0. The summed E-state index contributed by atoms with van der Waals surface area (Å²) in [5, 5.41) is 5.26. The maximum Gasteiger partial charge on any atom is 0.264 e. The molecule has 0 saturated carbocycles. The van der Waals surface area contributed by atoms with Gasteiger partial charge in [-0.1, -0.05) is 6.07 Å². The lowest BCUT2D eigenvalue weighted by Gasteiger charge is -2.27. The summed E-state index contributed by atoms with van der Waals surface area (Å²) in [6.07, 6.45) is 1.33. The van der Waals surface area contributed by atoms with E-state index in [0.29, 0.717) is 45.1 Å². The van der Waals surface area contributed by atoms with Crippen LogP contribution in [0.4, 0.5) is 5.69 Å². The van der Waals surface area contributed by atoms with Crippen molar-refractivity contribution >= 4 is 35.6 Å². The first-order valence-corrected chi connectivity index (χ1v) is 9.72. The number of rotatable bonds is 11. The number of carbonyl (C=O) groups is 5. The minimum atomic E-state index is -0.995. The van der Waals surface area contributed by atoms with Crippen molar-refractivity contribution in [2.24, 2.45) is 0 Å². The summed E-state index contributed by atoms with van der Waals surface area (Å²) in [5.74, 6) is -2.16. The number of aldehydes is 1. The lowest BCUT2D eigenvalue weighted by Crippen LogP contribution is -2.54. The van der Waals surface area contributed by atoms with E-state index in [-0.39, 0.29) is 24.0 Å². The van der Waals surface area contributed by atoms with E-state index in [4.69, 9.17) is 9.47 Å². The molecule has 0 spiro atoms. The van der Waals surface area contributed by atoms with Crippen LogP contribution in [-0.2, 0) is 23.9 Å². The minimum Gasteiger partial charge on any atom is -0.382 e. The summed E-state index contributed by atoms with van der Waals surface area (Å²) < 4.78 is 10.6. The molecule has 0 radical (unpaired) electrons. The second-order valence-corrected chi connectivity index (χ2v) is 6.78. The Hall–Kier alpha value is -3.11. The predicted molar refractivity (Wildman–Crippen MR) is 104 cm³/mol. The van der Waals surface area contributed by atoms with Gasteiger partial charge in [-0.2, -0.15) is 0 Å². The number of nitrogens with zero attached hydrogens (tertiary/aromatic N) is 1. The van der Waals surface area contributed by atoms with Gasteiger partial charge in [-0.15, -0.1) is 0 Å². The van der Waals surface area contributed by atoms with Crippen LogP contribution < -0.4 is 10.6 Å². The van der Waals surface area contributed by atoms with Crippen LogP contribution in [0.2, 0.25) is 0 Å². The zero-order valence-corrected chi connectivity index (χ0v) is 16.3. The quantitative estimate of drug-likeness (QED) is 0.295. The average molecular weight is 417 g/mol. The largest absolute Gasteiger partial charge is 0.382 e. The Morgan fingerprint density at radius 2 is 1.83 bits per heavy atom. The molecule has 0 aromatic heterocycles. The predicted octanol–water partition coefficient (Wildman–Crippen LogP) is 0.122. The first kappa shape index (κ1) is 21.6. The summed E-state index contributed by atoms with van der Waals surface area (Å²) in [7, 11) is 0. The summed E-state index contributed by atoms with van der Waals surface area (Å²) in [6.45, 7) is 1.85. The monoisotopic (exact) mass is 417 g/mol. The van der Waals surface area contributed by atoms with Crippen LogP contribution in [0.1, 0.15) is 40.0 Å². The second kappa shape index (κ2) is 10.1. The summed E-state index contributed by atoms with van der Waals surface area (Å²) in [5.41, 5.74) is 0.912. The van der Waals surface area contributed by atoms with Crippen LogP contribution in [0.3, 0.4) is 0 Å². The number of fused-ring (bicyclic) bond motifs is 1. The SMILES string of the molecule is O=CCCOCCOCCNc1cccc2c1C(=O)N(C1CCC(=O)NC1=O)C2=O. The normalized spacial score (nSPS) is 18.4. The van der Waals surface area contributed by atoms with Crippen molar-refractivity contribution in [3.63, 3.8) is 0 Å². The maximum atomic E-state index is 12.9. The van der Waals surface area contributed by atoms with Gasteiger partial charge in [0.05, 0.1) is 37.6 Å². The number of imide groups is 2. The highest BCUT2D eigenvalue weighted by atomic mass is 16.5. The van der Waals surface area contributed by atoms with Crippen molar-refractivity contribution < 1.29 is 33.4 Å². The third-order valence-corrected chi connectivity index (χ3v) is 4.78. The van der Waals surface area contributed by atoms with Crippen LogP contribution in [0.15, 0.2) is 18.2 Å². The molecule has 2 aliphatic heterocycles. The van der Waals surface area contributed by atoms with Crippen LogP contribution in [0, 0.1) is 0 Å².